The molecule has 0 spiro atoms. The molecule has 1 saturated carbocycles. The van der Waals surface area contributed by atoms with Gasteiger partial charge in [-0.05, 0) is 31.7 Å². The van der Waals surface area contributed by atoms with E-state index in [1.165, 1.54) is 18.4 Å². The van der Waals surface area contributed by atoms with E-state index in [0.717, 1.165) is 31.6 Å². The molecule has 120 valence electrons. The average molecular weight is 315 g/mol. The fourth-order valence-corrected chi connectivity index (χ4v) is 2.90. The van der Waals surface area contributed by atoms with Gasteiger partial charge in [-0.15, -0.1) is 10.2 Å². The number of rotatable bonds is 3. The standard InChI is InChI=1S/C16H17N3O4/c20-13-4-3-12(9-22-13)16(21)19-7-5-11(6-8-19)15-18-17-14(23-15)10-1-2-10/h3-4,9-11H,1-2,5-8H2. The third-order valence-electron chi connectivity index (χ3n) is 4.46. The van der Waals surface area contributed by atoms with Crippen molar-refractivity contribution in [2.45, 2.75) is 37.5 Å². The van der Waals surface area contributed by atoms with Crippen LogP contribution in [0.5, 0.6) is 0 Å². The minimum Gasteiger partial charge on any atom is -0.430 e. The van der Waals surface area contributed by atoms with Crippen LogP contribution in [-0.4, -0.2) is 34.1 Å². The molecule has 1 amide bonds. The highest BCUT2D eigenvalue weighted by molar-refractivity contribution is 5.93. The molecule has 23 heavy (non-hydrogen) atoms. The Kier molecular flexibility index (Phi) is 3.48. The molecule has 0 N–H and O–H groups in total. The summed E-state index contributed by atoms with van der Waals surface area (Å²) in [5.41, 5.74) is -0.0556. The molecule has 3 heterocycles. The molecule has 2 fully saturated rings. The highest BCUT2D eigenvalue weighted by Crippen LogP contribution is 2.40. The molecule has 0 radical (unpaired) electrons. The molecule has 7 nitrogen and oxygen atoms in total. The van der Waals surface area contributed by atoms with E-state index in [0.29, 0.717) is 30.5 Å². The molecule has 0 atom stereocenters. The topological polar surface area (TPSA) is 89.4 Å². The lowest BCUT2D eigenvalue weighted by molar-refractivity contribution is 0.0703. The summed E-state index contributed by atoms with van der Waals surface area (Å²) in [6.07, 6.45) is 5.10. The summed E-state index contributed by atoms with van der Waals surface area (Å²) in [6, 6.07) is 2.76. The Bertz CT molecular complexity index is 749. The van der Waals surface area contributed by atoms with E-state index in [9.17, 15) is 9.59 Å². The van der Waals surface area contributed by atoms with Crippen LogP contribution in [-0.2, 0) is 0 Å². The van der Waals surface area contributed by atoms with Gasteiger partial charge in [0, 0.05) is 31.0 Å². The van der Waals surface area contributed by atoms with E-state index < -0.39 is 5.63 Å². The van der Waals surface area contributed by atoms with Gasteiger partial charge in [0.05, 0.1) is 5.56 Å². The first-order valence-corrected chi connectivity index (χ1v) is 7.92. The van der Waals surface area contributed by atoms with E-state index in [1.54, 1.807) is 4.90 Å². The van der Waals surface area contributed by atoms with E-state index in [4.69, 9.17) is 8.83 Å². The van der Waals surface area contributed by atoms with Crippen LogP contribution in [0.4, 0.5) is 0 Å². The number of nitrogens with zero attached hydrogens (tertiary/aromatic N) is 3. The van der Waals surface area contributed by atoms with Crippen LogP contribution >= 0.6 is 0 Å². The summed E-state index contributed by atoms with van der Waals surface area (Å²) < 4.78 is 10.5. The van der Waals surface area contributed by atoms with E-state index in [-0.39, 0.29) is 11.8 Å². The molecule has 0 unspecified atom stereocenters. The number of hydrogen-bond acceptors (Lipinski definition) is 6. The number of hydrogen-bond donors (Lipinski definition) is 0. The fraction of sp³-hybridized carbons (Fsp3) is 0.500. The summed E-state index contributed by atoms with van der Waals surface area (Å²) in [5.74, 6) is 2.03. The van der Waals surface area contributed by atoms with Crippen molar-refractivity contribution in [3.8, 4) is 0 Å². The van der Waals surface area contributed by atoms with Gasteiger partial charge in [-0.2, -0.15) is 0 Å². The molecule has 1 aliphatic carbocycles. The second-order valence-electron chi connectivity index (χ2n) is 6.16. The molecule has 1 saturated heterocycles. The fourth-order valence-electron chi connectivity index (χ4n) is 2.90. The molecular weight excluding hydrogens is 298 g/mol. The van der Waals surface area contributed by atoms with Gasteiger partial charge in [-0.3, -0.25) is 4.79 Å². The third kappa shape index (κ3) is 2.91. The van der Waals surface area contributed by atoms with Crippen LogP contribution in [0.3, 0.4) is 0 Å². The average Bonchev–Trinajstić information content (AvgIpc) is 3.32. The molecule has 2 aromatic rings. The summed E-state index contributed by atoms with van der Waals surface area (Å²) >= 11 is 0. The first-order valence-electron chi connectivity index (χ1n) is 7.92. The van der Waals surface area contributed by atoms with Gasteiger partial charge in [-0.1, -0.05) is 0 Å². The van der Waals surface area contributed by atoms with Gasteiger partial charge in [0.15, 0.2) is 0 Å². The molecule has 0 aromatic carbocycles. The maximum atomic E-state index is 12.4. The summed E-state index contributed by atoms with van der Waals surface area (Å²) in [7, 11) is 0. The van der Waals surface area contributed by atoms with Crippen molar-refractivity contribution >= 4 is 5.91 Å². The van der Waals surface area contributed by atoms with Crippen LogP contribution in [0, 0.1) is 0 Å². The Morgan fingerprint density at radius 3 is 2.26 bits per heavy atom. The van der Waals surface area contributed by atoms with Crippen LogP contribution in [0.2, 0.25) is 0 Å². The first kappa shape index (κ1) is 14.2. The highest BCUT2D eigenvalue weighted by atomic mass is 16.4. The maximum Gasteiger partial charge on any atom is 0.335 e. The second kappa shape index (κ2) is 5.64. The largest absolute Gasteiger partial charge is 0.430 e. The van der Waals surface area contributed by atoms with Crippen LogP contribution < -0.4 is 5.63 Å². The number of piperidine rings is 1. The Labute approximate surface area is 132 Å². The maximum absolute atomic E-state index is 12.4. The zero-order valence-corrected chi connectivity index (χ0v) is 12.6. The number of amides is 1. The Balaban J connectivity index is 1.39. The Morgan fingerprint density at radius 2 is 1.70 bits per heavy atom. The first-order chi connectivity index (χ1) is 11.2. The Hall–Kier alpha value is -2.44. The van der Waals surface area contributed by atoms with Crippen molar-refractivity contribution in [3.63, 3.8) is 0 Å². The van der Waals surface area contributed by atoms with Gasteiger partial charge >= 0.3 is 5.63 Å². The van der Waals surface area contributed by atoms with E-state index >= 15 is 0 Å². The zero-order valence-electron chi connectivity index (χ0n) is 12.6. The zero-order chi connectivity index (χ0) is 15.8. The number of likely N-dealkylation sites (tertiary alicyclic amines) is 1. The van der Waals surface area contributed by atoms with Crippen LogP contribution in [0.1, 0.15) is 59.7 Å². The minimum absolute atomic E-state index is 0.114. The van der Waals surface area contributed by atoms with Crippen molar-refractivity contribution in [1.29, 1.82) is 0 Å². The van der Waals surface area contributed by atoms with Crippen LogP contribution in [0.15, 0.2) is 32.0 Å². The lowest BCUT2D eigenvalue weighted by atomic mass is 9.96. The quantitative estimate of drug-likeness (QED) is 0.859. The lowest BCUT2D eigenvalue weighted by Crippen LogP contribution is -2.38. The molecule has 7 heteroatoms. The minimum atomic E-state index is -0.455. The SMILES string of the molecule is O=C(c1ccc(=O)oc1)N1CCC(c2nnc(C3CC3)o2)CC1. The van der Waals surface area contributed by atoms with Crippen LogP contribution in [0.25, 0.3) is 0 Å². The number of carbonyl (C=O) groups is 1. The van der Waals surface area contributed by atoms with Gasteiger partial charge < -0.3 is 13.7 Å². The van der Waals surface area contributed by atoms with Crippen molar-refractivity contribution in [2.75, 3.05) is 13.1 Å². The van der Waals surface area contributed by atoms with Crippen molar-refractivity contribution in [3.05, 3.63) is 46.2 Å². The predicted octanol–water partition coefficient (Wildman–Crippen LogP) is 1.92. The molecule has 4 rings (SSSR count). The Morgan fingerprint density at radius 1 is 1.04 bits per heavy atom. The van der Waals surface area contributed by atoms with Crippen molar-refractivity contribution in [2.24, 2.45) is 0 Å². The van der Waals surface area contributed by atoms with Gasteiger partial charge in [0.2, 0.25) is 11.8 Å². The monoisotopic (exact) mass is 315 g/mol. The predicted molar refractivity (Wildman–Crippen MR) is 79.1 cm³/mol. The number of aromatic nitrogens is 2. The van der Waals surface area contributed by atoms with E-state index in [2.05, 4.69) is 10.2 Å². The molecule has 0 bridgehead atoms. The molecule has 2 aromatic heterocycles. The van der Waals surface area contributed by atoms with Gasteiger partial charge in [0.1, 0.15) is 6.26 Å². The molecule has 2 aliphatic rings. The molecular formula is C16H17N3O4. The molecule has 1 aliphatic heterocycles. The third-order valence-corrected chi connectivity index (χ3v) is 4.46. The summed E-state index contributed by atoms with van der Waals surface area (Å²) in [4.78, 5) is 25.1. The van der Waals surface area contributed by atoms with Gasteiger partial charge in [0.25, 0.3) is 5.91 Å². The second-order valence-corrected chi connectivity index (χ2v) is 6.16. The van der Waals surface area contributed by atoms with E-state index in [1.807, 2.05) is 0 Å². The normalized spacial score (nSPS) is 19.0. The van der Waals surface area contributed by atoms with Gasteiger partial charge in [-0.25, -0.2) is 4.79 Å². The summed E-state index contributed by atoms with van der Waals surface area (Å²) in [6.45, 7) is 1.26. The summed E-state index contributed by atoms with van der Waals surface area (Å²) in [5, 5.41) is 8.29. The van der Waals surface area contributed by atoms with Crippen molar-refractivity contribution in [1.82, 2.24) is 15.1 Å². The highest BCUT2D eigenvalue weighted by Gasteiger charge is 2.32. The number of carbonyl (C=O) groups excluding carboxylic acids is 1. The lowest BCUT2D eigenvalue weighted by Gasteiger charge is -2.30. The smallest absolute Gasteiger partial charge is 0.335 e. The van der Waals surface area contributed by atoms with Crippen molar-refractivity contribution < 1.29 is 13.6 Å².